The largest absolute Gasteiger partial charge is 0.397 e. The first kappa shape index (κ1) is 17.7. The quantitative estimate of drug-likeness (QED) is 0.368. The number of hydrogen-bond donors (Lipinski definition) is 3. The van der Waals surface area contributed by atoms with Gasteiger partial charge in [-0.2, -0.15) is 9.49 Å². The molecule has 0 aliphatic heterocycles. The number of nitrogens with zero attached hydrogens (tertiary/aromatic N) is 4. The average molecular weight is 427 g/mol. The predicted octanol–water partition coefficient (Wildman–Crippen LogP) is 5.01. The fraction of sp³-hybridized carbons (Fsp3) is 0. The fourth-order valence-corrected chi connectivity index (χ4v) is 4.39. The van der Waals surface area contributed by atoms with Gasteiger partial charge in [0, 0.05) is 29.5 Å². The van der Waals surface area contributed by atoms with Crippen molar-refractivity contribution in [2.24, 2.45) is 0 Å². The van der Waals surface area contributed by atoms with E-state index in [1.54, 1.807) is 24.7 Å². The Bertz CT molecular complexity index is 1580. The summed E-state index contributed by atoms with van der Waals surface area (Å²) in [5.74, 6) is 0.607. The minimum Gasteiger partial charge on any atom is -0.397 e. The number of nitrogens with two attached hydrogens (primary N) is 1. The van der Waals surface area contributed by atoms with E-state index in [4.69, 9.17) is 10.7 Å². The van der Waals surface area contributed by atoms with Gasteiger partial charge in [-0.1, -0.05) is 6.07 Å². The Balaban J connectivity index is 1.51. The highest BCUT2D eigenvalue weighted by atomic mass is 32.1. The van der Waals surface area contributed by atoms with Gasteiger partial charge >= 0.3 is 0 Å². The van der Waals surface area contributed by atoms with Gasteiger partial charge in [-0.3, -0.25) is 15.1 Å². The summed E-state index contributed by atoms with van der Waals surface area (Å²) in [5, 5.41) is 8.19. The molecule has 6 aromatic rings. The molecule has 7 nitrogen and oxygen atoms in total. The summed E-state index contributed by atoms with van der Waals surface area (Å²) in [6.07, 6.45) is 5.08. The van der Waals surface area contributed by atoms with Crippen molar-refractivity contribution in [1.29, 1.82) is 0 Å². The molecule has 4 N–H and O–H groups in total. The van der Waals surface area contributed by atoms with Gasteiger partial charge in [0.05, 0.1) is 21.6 Å². The molecule has 150 valence electrons. The van der Waals surface area contributed by atoms with Gasteiger partial charge in [0.2, 0.25) is 0 Å². The maximum Gasteiger partial charge on any atom is 0.177 e. The molecule has 31 heavy (non-hydrogen) atoms. The Morgan fingerprint density at radius 1 is 0.935 bits per heavy atom. The summed E-state index contributed by atoms with van der Waals surface area (Å²) in [6, 6.07) is 12.9. The van der Waals surface area contributed by atoms with Crippen molar-refractivity contribution in [2.45, 2.75) is 0 Å². The van der Waals surface area contributed by atoms with Crippen LogP contribution in [0, 0.1) is 5.13 Å². The standard InChI is InChI=1S/C22H14FN7S/c23-18-4-3-17(31-18)21-20-16(5-6-26-21)27-22(28-20)19-14-8-11(1-2-15(14)29-30-19)12-7-13(24)10-25-9-12/h1-10H,24H2,(H,27,28)(H,29,30). The van der Waals surface area contributed by atoms with Crippen LogP contribution in [-0.2, 0) is 0 Å². The highest BCUT2D eigenvalue weighted by Gasteiger charge is 2.17. The zero-order chi connectivity index (χ0) is 20.9. The van der Waals surface area contributed by atoms with Crippen LogP contribution >= 0.6 is 11.3 Å². The number of nitrogen functional groups attached to an aromatic ring is 1. The molecule has 1 aromatic carbocycles. The summed E-state index contributed by atoms with van der Waals surface area (Å²) < 4.78 is 13.6. The zero-order valence-corrected chi connectivity index (χ0v) is 16.7. The first-order valence-electron chi connectivity index (χ1n) is 9.45. The zero-order valence-electron chi connectivity index (χ0n) is 15.9. The van der Waals surface area contributed by atoms with Gasteiger partial charge in [0.25, 0.3) is 0 Å². The smallest absolute Gasteiger partial charge is 0.177 e. The molecule has 9 heteroatoms. The number of rotatable bonds is 3. The molecule has 5 heterocycles. The fourth-order valence-electron chi connectivity index (χ4n) is 3.66. The maximum atomic E-state index is 13.6. The van der Waals surface area contributed by atoms with E-state index in [2.05, 4.69) is 25.1 Å². The second kappa shape index (κ2) is 6.71. The van der Waals surface area contributed by atoms with E-state index in [0.29, 0.717) is 28.4 Å². The first-order valence-corrected chi connectivity index (χ1v) is 10.3. The lowest BCUT2D eigenvalue weighted by atomic mass is 10.0. The minimum absolute atomic E-state index is 0.258. The van der Waals surface area contributed by atoms with Gasteiger partial charge in [-0.15, -0.1) is 11.3 Å². The molecular formula is C22H14FN7S. The van der Waals surface area contributed by atoms with Crippen LogP contribution in [0.4, 0.5) is 10.1 Å². The van der Waals surface area contributed by atoms with Crippen LogP contribution in [0.25, 0.3) is 55.2 Å². The van der Waals surface area contributed by atoms with E-state index in [-0.39, 0.29) is 5.13 Å². The average Bonchev–Trinajstić information content (AvgIpc) is 3.50. The molecule has 0 aliphatic rings. The van der Waals surface area contributed by atoms with Crippen LogP contribution in [0.15, 0.2) is 61.1 Å². The number of pyridine rings is 2. The number of halogens is 1. The van der Waals surface area contributed by atoms with Gasteiger partial charge in [-0.25, -0.2) is 4.98 Å². The van der Waals surface area contributed by atoms with Crippen molar-refractivity contribution in [3.63, 3.8) is 0 Å². The minimum atomic E-state index is -0.258. The Morgan fingerprint density at radius 2 is 1.87 bits per heavy atom. The molecule has 0 atom stereocenters. The van der Waals surface area contributed by atoms with Crippen LogP contribution in [-0.4, -0.2) is 30.1 Å². The van der Waals surface area contributed by atoms with Crippen molar-refractivity contribution < 1.29 is 4.39 Å². The molecule has 0 aliphatic carbocycles. The van der Waals surface area contributed by atoms with Crippen molar-refractivity contribution in [3.8, 4) is 33.2 Å². The number of aromatic nitrogens is 6. The van der Waals surface area contributed by atoms with E-state index in [1.807, 2.05) is 30.3 Å². The Morgan fingerprint density at radius 3 is 2.71 bits per heavy atom. The normalized spacial score (nSPS) is 11.5. The van der Waals surface area contributed by atoms with Gasteiger partial charge in [-0.05, 0) is 42.0 Å². The third-order valence-electron chi connectivity index (χ3n) is 5.09. The molecule has 5 aromatic heterocycles. The Kier molecular flexibility index (Phi) is 3.84. The highest BCUT2D eigenvalue weighted by molar-refractivity contribution is 7.13. The summed E-state index contributed by atoms with van der Waals surface area (Å²) in [7, 11) is 0. The summed E-state index contributed by atoms with van der Waals surface area (Å²) in [6.45, 7) is 0. The lowest BCUT2D eigenvalue weighted by molar-refractivity contribution is 0.657. The number of H-pyrrole nitrogens is 2. The van der Waals surface area contributed by atoms with Crippen LogP contribution in [0.2, 0.25) is 0 Å². The topological polar surface area (TPSA) is 109 Å². The molecule has 6 rings (SSSR count). The summed E-state index contributed by atoms with van der Waals surface area (Å²) >= 11 is 1.04. The lowest BCUT2D eigenvalue weighted by Crippen LogP contribution is -1.88. The van der Waals surface area contributed by atoms with Crippen molar-refractivity contribution in [1.82, 2.24) is 30.1 Å². The third-order valence-corrected chi connectivity index (χ3v) is 5.97. The van der Waals surface area contributed by atoms with Crippen LogP contribution in [0.5, 0.6) is 0 Å². The van der Waals surface area contributed by atoms with Gasteiger partial charge < -0.3 is 10.7 Å². The predicted molar refractivity (Wildman–Crippen MR) is 120 cm³/mol. The number of hydrogen-bond acceptors (Lipinski definition) is 6. The highest BCUT2D eigenvalue weighted by Crippen LogP contribution is 2.34. The van der Waals surface area contributed by atoms with Crippen molar-refractivity contribution in [2.75, 3.05) is 5.73 Å². The monoisotopic (exact) mass is 427 g/mol. The molecule has 0 fully saturated rings. The molecule has 0 bridgehead atoms. The lowest BCUT2D eigenvalue weighted by Gasteiger charge is -2.03. The second-order valence-electron chi connectivity index (χ2n) is 7.08. The first-order chi connectivity index (χ1) is 15.2. The van der Waals surface area contributed by atoms with Gasteiger partial charge in [0.1, 0.15) is 16.9 Å². The molecule has 0 radical (unpaired) electrons. The summed E-state index contributed by atoms with van der Waals surface area (Å²) in [5.41, 5.74) is 12.1. The second-order valence-corrected chi connectivity index (χ2v) is 8.12. The van der Waals surface area contributed by atoms with E-state index >= 15 is 0 Å². The third kappa shape index (κ3) is 2.94. The van der Waals surface area contributed by atoms with Gasteiger partial charge in [0.15, 0.2) is 11.0 Å². The number of imidazole rings is 1. The Labute approximate surface area is 178 Å². The number of fused-ring (bicyclic) bond motifs is 2. The van der Waals surface area contributed by atoms with E-state index in [9.17, 15) is 4.39 Å². The molecule has 0 saturated heterocycles. The number of anilines is 1. The molecule has 0 unspecified atom stereocenters. The molecule has 0 amide bonds. The number of aromatic amines is 2. The van der Waals surface area contributed by atoms with E-state index in [0.717, 1.165) is 43.8 Å². The molecule has 0 saturated carbocycles. The molecular weight excluding hydrogens is 413 g/mol. The van der Waals surface area contributed by atoms with E-state index < -0.39 is 0 Å². The SMILES string of the molecule is Nc1cncc(-c2ccc3[nH]nc(-c4nc5c(-c6ccc(F)s6)nccc5[nH]4)c3c2)c1. The van der Waals surface area contributed by atoms with Crippen LogP contribution in [0.1, 0.15) is 0 Å². The van der Waals surface area contributed by atoms with Crippen molar-refractivity contribution >= 4 is 39.0 Å². The summed E-state index contributed by atoms with van der Waals surface area (Å²) in [4.78, 5) is 17.4. The van der Waals surface area contributed by atoms with Crippen LogP contribution in [0.3, 0.4) is 0 Å². The maximum absolute atomic E-state index is 13.6. The molecule has 0 spiro atoms. The Hall–Kier alpha value is -4.11. The van der Waals surface area contributed by atoms with Crippen molar-refractivity contribution in [3.05, 3.63) is 66.2 Å². The van der Waals surface area contributed by atoms with Crippen LogP contribution < -0.4 is 5.73 Å². The number of benzene rings is 1. The number of nitrogens with one attached hydrogen (secondary N) is 2. The number of thiophene rings is 1. The van der Waals surface area contributed by atoms with E-state index in [1.165, 1.54) is 6.07 Å².